The molecule has 1 aliphatic rings. The third-order valence-corrected chi connectivity index (χ3v) is 1.86. The van der Waals surface area contributed by atoms with E-state index in [4.69, 9.17) is 4.74 Å². The van der Waals surface area contributed by atoms with E-state index in [0.717, 1.165) is 0 Å². The van der Waals surface area contributed by atoms with Crippen LogP contribution in [0.1, 0.15) is 20.8 Å². The normalized spacial score (nSPS) is 19.9. The Labute approximate surface area is 78.5 Å². The first kappa shape index (κ1) is 10.3. The van der Waals surface area contributed by atoms with Crippen molar-refractivity contribution in [3.63, 3.8) is 0 Å². The van der Waals surface area contributed by atoms with Crippen LogP contribution in [0.2, 0.25) is 0 Å². The van der Waals surface area contributed by atoms with Gasteiger partial charge in [-0.2, -0.15) is 0 Å². The summed E-state index contributed by atoms with van der Waals surface area (Å²) in [4.78, 5) is 12.7. The summed E-state index contributed by atoms with van der Waals surface area (Å²) in [7, 11) is 0. The standard InChI is InChI=1S/C9H17NO3/c1-7(2)4-13-8(11)10-5-9(3,12)6-10/h7,12H,4-6H2,1-3H3. The maximum absolute atomic E-state index is 11.2. The summed E-state index contributed by atoms with van der Waals surface area (Å²) in [6.07, 6.45) is -0.319. The molecular weight excluding hydrogens is 170 g/mol. The summed E-state index contributed by atoms with van der Waals surface area (Å²) >= 11 is 0. The van der Waals surface area contributed by atoms with E-state index in [0.29, 0.717) is 25.6 Å². The molecule has 1 saturated heterocycles. The molecule has 0 unspecified atom stereocenters. The highest BCUT2D eigenvalue weighted by Gasteiger charge is 2.40. The van der Waals surface area contributed by atoms with Crippen molar-refractivity contribution >= 4 is 6.09 Å². The van der Waals surface area contributed by atoms with Crippen molar-refractivity contribution in [2.75, 3.05) is 19.7 Å². The van der Waals surface area contributed by atoms with Crippen molar-refractivity contribution in [2.45, 2.75) is 26.4 Å². The van der Waals surface area contributed by atoms with E-state index in [9.17, 15) is 9.90 Å². The molecule has 0 saturated carbocycles. The van der Waals surface area contributed by atoms with Crippen LogP contribution in [0.4, 0.5) is 4.79 Å². The van der Waals surface area contributed by atoms with Crippen LogP contribution in [0.25, 0.3) is 0 Å². The van der Waals surface area contributed by atoms with Gasteiger partial charge in [-0.15, -0.1) is 0 Å². The third kappa shape index (κ3) is 2.88. The molecule has 1 rings (SSSR count). The fourth-order valence-electron chi connectivity index (χ4n) is 1.23. The number of aliphatic hydroxyl groups is 1. The van der Waals surface area contributed by atoms with Crippen LogP contribution in [0.3, 0.4) is 0 Å². The minimum atomic E-state index is -0.711. The summed E-state index contributed by atoms with van der Waals surface area (Å²) in [6, 6.07) is 0. The first-order valence-corrected chi connectivity index (χ1v) is 4.55. The van der Waals surface area contributed by atoms with Gasteiger partial charge in [-0.25, -0.2) is 4.79 Å². The van der Waals surface area contributed by atoms with Gasteiger partial charge in [0.15, 0.2) is 0 Å². The topological polar surface area (TPSA) is 49.8 Å². The molecule has 0 aromatic heterocycles. The quantitative estimate of drug-likeness (QED) is 0.697. The molecule has 0 aromatic carbocycles. The number of hydrogen-bond acceptors (Lipinski definition) is 3. The molecule has 0 aliphatic carbocycles. The van der Waals surface area contributed by atoms with Crippen molar-refractivity contribution in [2.24, 2.45) is 5.92 Å². The number of rotatable bonds is 2. The van der Waals surface area contributed by atoms with E-state index in [1.807, 2.05) is 13.8 Å². The van der Waals surface area contributed by atoms with E-state index >= 15 is 0 Å². The van der Waals surface area contributed by atoms with E-state index in [1.54, 1.807) is 6.92 Å². The number of β-amino-alcohol motifs (C(OH)–C–C–N with tert-alkyl or cyclic N) is 1. The fraction of sp³-hybridized carbons (Fsp3) is 0.889. The zero-order valence-electron chi connectivity index (χ0n) is 8.41. The van der Waals surface area contributed by atoms with Crippen LogP contribution in [0.15, 0.2) is 0 Å². The molecular formula is C9H17NO3. The Balaban J connectivity index is 2.20. The van der Waals surface area contributed by atoms with Gasteiger partial charge in [-0.1, -0.05) is 13.8 Å². The molecule has 1 N–H and O–H groups in total. The lowest BCUT2D eigenvalue weighted by Gasteiger charge is -2.43. The SMILES string of the molecule is CC(C)COC(=O)N1CC(C)(O)C1. The Morgan fingerprint density at radius 2 is 2.15 bits per heavy atom. The Morgan fingerprint density at radius 3 is 2.54 bits per heavy atom. The Hall–Kier alpha value is -0.770. The lowest BCUT2D eigenvalue weighted by molar-refractivity contribution is -0.0759. The van der Waals surface area contributed by atoms with Gasteiger partial charge in [-0.05, 0) is 12.8 Å². The van der Waals surface area contributed by atoms with Gasteiger partial charge in [0.25, 0.3) is 0 Å². The molecule has 76 valence electrons. The summed E-state index contributed by atoms with van der Waals surface area (Å²) in [5.74, 6) is 0.353. The Kier molecular flexibility index (Phi) is 2.81. The minimum Gasteiger partial charge on any atom is -0.449 e. The van der Waals surface area contributed by atoms with Crippen LogP contribution < -0.4 is 0 Å². The van der Waals surface area contributed by atoms with Crippen LogP contribution >= 0.6 is 0 Å². The molecule has 1 aliphatic heterocycles. The second-order valence-corrected chi connectivity index (χ2v) is 4.32. The molecule has 0 bridgehead atoms. The van der Waals surface area contributed by atoms with Crippen LogP contribution in [0.5, 0.6) is 0 Å². The fourth-order valence-corrected chi connectivity index (χ4v) is 1.23. The minimum absolute atomic E-state index is 0.319. The second-order valence-electron chi connectivity index (χ2n) is 4.32. The number of hydrogen-bond donors (Lipinski definition) is 1. The zero-order chi connectivity index (χ0) is 10.1. The number of ether oxygens (including phenoxy) is 1. The summed E-state index contributed by atoms with van der Waals surface area (Å²) < 4.78 is 4.98. The smallest absolute Gasteiger partial charge is 0.409 e. The van der Waals surface area contributed by atoms with Crippen LogP contribution in [-0.2, 0) is 4.74 Å². The first-order valence-electron chi connectivity index (χ1n) is 4.55. The largest absolute Gasteiger partial charge is 0.449 e. The highest BCUT2D eigenvalue weighted by atomic mass is 16.6. The van der Waals surface area contributed by atoms with Crippen molar-refractivity contribution in [1.29, 1.82) is 0 Å². The molecule has 1 amide bonds. The average Bonchev–Trinajstić information content (AvgIpc) is 1.95. The van der Waals surface area contributed by atoms with Gasteiger partial charge in [0, 0.05) is 0 Å². The molecule has 1 fully saturated rings. The predicted octanol–water partition coefficient (Wildman–Crippen LogP) is 0.846. The maximum Gasteiger partial charge on any atom is 0.409 e. The predicted molar refractivity (Wildman–Crippen MR) is 48.4 cm³/mol. The third-order valence-electron chi connectivity index (χ3n) is 1.86. The monoisotopic (exact) mass is 187 g/mol. The molecule has 0 spiro atoms. The number of carbonyl (C=O) groups excluding carboxylic acids is 1. The second kappa shape index (κ2) is 3.54. The highest BCUT2D eigenvalue weighted by Crippen LogP contribution is 2.20. The Morgan fingerprint density at radius 1 is 1.62 bits per heavy atom. The average molecular weight is 187 g/mol. The van der Waals surface area contributed by atoms with Crippen molar-refractivity contribution in [3.8, 4) is 0 Å². The molecule has 4 heteroatoms. The molecule has 4 nitrogen and oxygen atoms in total. The first-order chi connectivity index (χ1) is 5.91. The number of carbonyl (C=O) groups is 1. The van der Waals surface area contributed by atoms with Crippen molar-refractivity contribution in [3.05, 3.63) is 0 Å². The number of nitrogens with zero attached hydrogens (tertiary/aromatic N) is 1. The summed E-state index contributed by atoms with van der Waals surface area (Å²) in [5.41, 5.74) is -0.711. The van der Waals surface area contributed by atoms with E-state index in [-0.39, 0.29) is 6.09 Å². The van der Waals surface area contributed by atoms with Crippen LogP contribution in [0, 0.1) is 5.92 Å². The van der Waals surface area contributed by atoms with E-state index < -0.39 is 5.60 Å². The molecule has 1 heterocycles. The van der Waals surface area contributed by atoms with Crippen molar-refractivity contribution < 1.29 is 14.6 Å². The maximum atomic E-state index is 11.2. The lowest BCUT2D eigenvalue weighted by Crippen LogP contribution is -2.61. The van der Waals surface area contributed by atoms with E-state index in [1.165, 1.54) is 4.90 Å². The highest BCUT2D eigenvalue weighted by molar-refractivity contribution is 5.69. The molecule has 0 atom stereocenters. The molecule has 0 radical (unpaired) electrons. The number of likely N-dealkylation sites (tertiary alicyclic amines) is 1. The van der Waals surface area contributed by atoms with E-state index in [2.05, 4.69) is 0 Å². The van der Waals surface area contributed by atoms with Gasteiger partial charge in [0.05, 0.1) is 25.3 Å². The number of amides is 1. The molecule has 0 aromatic rings. The van der Waals surface area contributed by atoms with Gasteiger partial charge in [0.1, 0.15) is 0 Å². The van der Waals surface area contributed by atoms with Gasteiger partial charge < -0.3 is 14.7 Å². The summed E-state index contributed by atoms with van der Waals surface area (Å²) in [6.45, 7) is 6.88. The van der Waals surface area contributed by atoms with Gasteiger partial charge >= 0.3 is 6.09 Å². The molecule has 13 heavy (non-hydrogen) atoms. The lowest BCUT2D eigenvalue weighted by atomic mass is 9.98. The van der Waals surface area contributed by atoms with Gasteiger partial charge in [-0.3, -0.25) is 0 Å². The van der Waals surface area contributed by atoms with Gasteiger partial charge in [0.2, 0.25) is 0 Å². The van der Waals surface area contributed by atoms with Crippen LogP contribution in [-0.4, -0.2) is 41.4 Å². The zero-order valence-corrected chi connectivity index (χ0v) is 8.41. The van der Waals surface area contributed by atoms with Crippen molar-refractivity contribution in [1.82, 2.24) is 4.90 Å². The summed E-state index contributed by atoms with van der Waals surface area (Å²) in [5, 5.41) is 9.36. The Bertz CT molecular complexity index is 193.